The number of nitrogens with zero attached hydrogens (tertiary/aromatic N) is 5. The molecule has 3 heterocycles. The largest absolute Gasteiger partial charge is 0.339 e. The molecule has 0 saturated carbocycles. The number of fused-ring (bicyclic) bond motifs is 1. The van der Waals surface area contributed by atoms with Gasteiger partial charge in [-0.2, -0.15) is 5.10 Å². The molecule has 80 valence electrons. The first-order chi connectivity index (χ1) is 7.84. The van der Waals surface area contributed by atoms with Gasteiger partial charge < -0.3 is 4.98 Å². The van der Waals surface area contributed by atoms with Crippen LogP contribution in [0.15, 0.2) is 31.1 Å². The van der Waals surface area contributed by atoms with Crippen molar-refractivity contribution < 1.29 is 0 Å². The number of nitrogens with one attached hydrogen (secondary N) is 1. The normalized spacial score (nSPS) is 13.1. The fourth-order valence-corrected chi connectivity index (χ4v) is 1.62. The second-order valence-electron chi connectivity index (χ2n) is 3.57. The standard InChI is InChI=1S/C10H10N6/c1-7(16-6-12-5-13-16)10-14-8-2-3-11-4-9(8)15-10/h2-7H,1H3,(H,14,15). The lowest BCUT2D eigenvalue weighted by Crippen LogP contribution is -2.08. The van der Waals surface area contributed by atoms with E-state index in [1.54, 1.807) is 23.4 Å². The molecule has 1 unspecified atom stereocenters. The van der Waals surface area contributed by atoms with E-state index in [1.165, 1.54) is 6.33 Å². The zero-order valence-electron chi connectivity index (χ0n) is 8.70. The lowest BCUT2D eigenvalue weighted by Gasteiger charge is -2.06. The van der Waals surface area contributed by atoms with Gasteiger partial charge in [0, 0.05) is 6.20 Å². The fourth-order valence-electron chi connectivity index (χ4n) is 1.62. The van der Waals surface area contributed by atoms with Crippen molar-refractivity contribution in [1.29, 1.82) is 0 Å². The monoisotopic (exact) mass is 214 g/mol. The molecule has 3 aromatic heterocycles. The molecule has 0 aromatic carbocycles. The Hall–Kier alpha value is -2.24. The van der Waals surface area contributed by atoms with E-state index < -0.39 is 0 Å². The number of hydrogen-bond acceptors (Lipinski definition) is 4. The number of imidazole rings is 1. The van der Waals surface area contributed by atoms with Crippen LogP contribution in [0.3, 0.4) is 0 Å². The molecule has 3 aromatic rings. The third-order valence-electron chi connectivity index (χ3n) is 2.53. The highest BCUT2D eigenvalue weighted by Crippen LogP contribution is 2.16. The van der Waals surface area contributed by atoms with E-state index >= 15 is 0 Å². The maximum atomic E-state index is 4.48. The van der Waals surface area contributed by atoms with Gasteiger partial charge in [0.1, 0.15) is 24.5 Å². The predicted molar refractivity (Wildman–Crippen MR) is 57.7 cm³/mol. The molecule has 16 heavy (non-hydrogen) atoms. The van der Waals surface area contributed by atoms with Crippen molar-refractivity contribution in [1.82, 2.24) is 29.7 Å². The Morgan fingerprint density at radius 3 is 3.06 bits per heavy atom. The highest BCUT2D eigenvalue weighted by atomic mass is 15.3. The highest BCUT2D eigenvalue weighted by Gasteiger charge is 2.12. The molecule has 0 amide bonds. The maximum Gasteiger partial charge on any atom is 0.137 e. The molecule has 0 saturated heterocycles. The molecule has 0 aliphatic rings. The molecule has 0 bridgehead atoms. The molecular formula is C10H10N6. The van der Waals surface area contributed by atoms with Crippen molar-refractivity contribution in [2.24, 2.45) is 0 Å². The first kappa shape index (κ1) is 9.02. The fraction of sp³-hybridized carbons (Fsp3) is 0.200. The second kappa shape index (κ2) is 3.41. The van der Waals surface area contributed by atoms with Crippen LogP contribution in [-0.4, -0.2) is 29.7 Å². The molecular weight excluding hydrogens is 204 g/mol. The maximum absolute atomic E-state index is 4.48. The van der Waals surface area contributed by atoms with Crippen LogP contribution >= 0.6 is 0 Å². The Balaban J connectivity index is 2.06. The third kappa shape index (κ3) is 1.35. The van der Waals surface area contributed by atoms with Gasteiger partial charge in [0.2, 0.25) is 0 Å². The van der Waals surface area contributed by atoms with Crippen LogP contribution in [0.4, 0.5) is 0 Å². The Kier molecular flexibility index (Phi) is 1.92. The van der Waals surface area contributed by atoms with Gasteiger partial charge in [-0.3, -0.25) is 4.98 Å². The molecule has 0 radical (unpaired) electrons. The van der Waals surface area contributed by atoms with Crippen LogP contribution in [0.5, 0.6) is 0 Å². The number of aromatic amines is 1. The number of pyridine rings is 1. The summed E-state index contributed by atoms with van der Waals surface area (Å²) in [5.41, 5.74) is 1.85. The van der Waals surface area contributed by atoms with Crippen molar-refractivity contribution in [3.63, 3.8) is 0 Å². The van der Waals surface area contributed by atoms with Crippen molar-refractivity contribution in [3.05, 3.63) is 36.9 Å². The van der Waals surface area contributed by atoms with Gasteiger partial charge in [-0.05, 0) is 13.0 Å². The summed E-state index contributed by atoms with van der Waals surface area (Å²) in [6.07, 6.45) is 6.68. The van der Waals surface area contributed by atoms with E-state index in [1.807, 2.05) is 13.0 Å². The molecule has 6 heteroatoms. The van der Waals surface area contributed by atoms with Gasteiger partial charge in [-0.15, -0.1) is 0 Å². The zero-order chi connectivity index (χ0) is 11.0. The predicted octanol–water partition coefficient (Wildman–Crippen LogP) is 1.16. The highest BCUT2D eigenvalue weighted by molar-refractivity contribution is 5.73. The Labute approximate surface area is 91.4 Å². The van der Waals surface area contributed by atoms with E-state index in [9.17, 15) is 0 Å². The average Bonchev–Trinajstić information content (AvgIpc) is 2.97. The van der Waals surface area contributed by atoms with Crippen LogP contribution in [-0.2, 0) is 0 Å². The van der Waals surface area contributed by atoms with Crippen molar-refractivity contribution in [2.45, 2.75) is 13.0 Å². The van der Waals surface area contributed by atoms with E-state index in [-0.39, 0.29) is 6.04 Å². The zero-order valence-corrected chi connectivity index (χ0v) is 8.70. The van der Waals surface area contributed by atoms with Gasteiger partial charge in [-0.25, -0.2) is 14.6 Å². The van der Waals surface area contributed by atoms with Crippen LogP contribution < -0.4 is 0 Å². The number of rotatable bonds is 2. The second-order valence-corrected chi connectivity index (χ2v) is 3.57. The quantitative estimate of drug-likeness (QED) is 0.694. The van der Waals surface area contributed by atoms with Crippen LogP contribution in [0.1, 0.15) is 18.8 Å². The van der Waals surface area contributed by atoms with Gasteiger partial charge in [0.25, 0.3) is 0 Å². The summed E-state index contributed by atoms with van der Waals surface area (Å²) in [7, 11) is 0. The minimum atomic E-state index is 0.0369. The lowest BCUT2D eigenvalue weighted by atomic mass is 10.3. The first-order valence-electron chi connectivity index (χ1n) is 4.98. The summed E-state index contributed by atoms with van der Waals surface area (Å²) < 4.78 is 1.76. The van der Waals surface area contributed by atoms with Crippen molar-refractivity contribution in [3.8, 4) is 0 Å². The van der Waals surface area contributed by atoms with Crippen molar-refractivity contribution in [2.75, 3.05) is 0 Å². The molecule has 1 atom stereocenters. The van der Waals surface area contributed by atoms with Crippen molar-refractivity contribution >= 4 is 11.0 Å². The van der Waals surface area contributed by atoms with E-state index in [0.29, 0.717) is 0 Å². The van der Waals surface area contributed by atoms with Gasteiger partial charge in [0.05, 0.1) is 17.2 Å². The Morgan fingerprint density at radius 2 is 2.31 bits per heavy atom. The SMILES string of the molecule is CC(c1nc2ccncc2[nH]1)n1cncn1. The van der Waals surface area contributed by atoms with E-state index in [0.717, 1.165) is 16.9 Å². The molecule has 0 aliphatic carbocycles. The minimum absolute atomic E-state index is 0.0369. The van der Waals surface area contributed by atoms with Gasteiger partial charge in [0.15, 0.2) is 0 Å². The minimum Gasteiger partial charge on any atom is -0.339 e. The average molecular weight is 214 g/mol. The number of hydrogen-bond donors (Lipinski definition) is 1. The Morgan fingerprint density at radius 1 is 1.38 bits per heavy atom. The molecule has 0 aliphatic heterocycles. The summed E-state index contributed by atoms with van der Waals surface area (Å²) in [5, 5.41) is 4.09. The summed E-state index contributed by atoms with van der Waals surface area (Å²) in [5.74, 6) is 0.855. The molecule has 6 nitrogen and oxygen atoms in total. The summed E-state index contributed by atoms with van der Waals surface area (Å²) in [6.45, 7) is 2.01. The summed E-state index contributed by atoms with van der Waals surface area (Å²) >= 11 is 0. The van der Waals surface area contributed by atoms with Crippen LogP contribution in [0.2, 0.25) is 0 Å². The van der Waals surface area contributed by atoms with Crippen LogP contribution in [0.25, 0.3) is 11.0 Å². The van der Waals surface area contributed by atoms with E-state index in [2.05, 4.69) is 25.0 Å². The van der Waals surface area contributed by atoms with Gasteiger partial charge in [-0.1, -0.05) is 0 Å². The third-order valence-corrected chi connectivity index (χ3v) is 2.53. The molecule has 3 rings (SSSR count). The topological polar surface area (TPSA) is 72.3 Å². The first-order valence-corrected chi connectivity index (χ1v) is 4.98. The Bertz CT molecular complexity index is 564. The molecule has 1 N–H and O–H groups in total. The lowest BCUT2D eigenvalue weighted by molar-refractivity contribution is 0.541. The van der Waals surface area contributed by atoms with E-state index in [4.69, 9.17) is 0 Å². The smallest absolute Gasteiger partial charge is 0.137 e. The number of aromatic nitrogens is 6. The van der Waals surface area contributed by atoms with Gasteiger partial charge >= 0.3 is 0 Å². The summed E-state index contributed by atoms with van der Waals surface area (Å²) in [6, 6.07) is 1.92. The van der Waals surface area contributed by atoms with Crippen LogP contribution in [0, 0.1) is 0 Å². The summed E-state index contributed by atoms with van der Waals surface area (Å²) in [4.78, 5) is 15.7. The molecule has 0 fully saturated rings. The molecule has 0 spiro atoms. The number of H-pyrrole nitrogens is 1.